The molecule has 7 nitrogen and oxygen atoms in total. The van der Waals surface area contributed by atoms with E-state index in [4.69, 9.17) is 9.47 Å². The third-order valence-electron chi connectivity index (χ3n) is 2.57. The van der Waals surface area contributed by atoms with E-state index in [0.29, 0.717) is 17.2 Å². The molecule has 0 radical (unpaired) electrons. The number of benzene rings is 1. The highest BCUT2D eigenvalue weighted by atomic mass is 16.5. The molecule has 1 aromatic heterocycles. The van der Waals surface area contributed by atoms with E-state index in [1.807, 2.05) is 0 Å². The first-order valence-corrected chi connectivity index (χ1v) is 5.73. The lowest BCUT2D eigenvalue weighted by molar-refractivity contribution is 0.102. The number of aromatic amines is 1. The second-order valence-corrected chi connectivity index (χ2v) is 3.83. The van der Waals surface area contributed by atoms with Gasteiger partial charge in [0, 0.05) is 12.1 Å². The first-order valence-electron chi connectivity index (χ1n) is 5.73. The number of hydrogen-bond acceptors (Lipinski definition) is 5. The van der Waals surface area contributed by atoms with Crippen molar-refractivity contribution in [2.24, 2.45) is 0 Å². The summed E-state index contributed by atoms with van der Waals surface area (Å²) in [5.41, 5.74) is 0.167. The van der Waals surface area contributed by atoms with Crippen molar-refractivity contribution in [2.75, 3.05) is 19.5 Å². The molecule has 7 heteroatoms. The maximum atomic E-state index is 12.0. The minimum atomic E-state index is -0.465. The van der Waals surface area contributed by atoms with Gasteiger partial charge in [-0.3, -0.25) is 9.59 Å². The van der Waals surface area contributed by atoms with Crippen LogP contribution >= 0.6 is 0 Å². The quantitative estimate of drug-likeness (QED) is 0.869. The van der Waals surface area contributed by atoms with Crippen LogP contribution in [0, 0.1) is 0 Å². The predicted octanol–water partition coefficient (Wildman–Crippen LogP) is 1.04. The molecule has 0 saturated heterocycles. The van der Waals surface area contributed by atoms with Crippen LogP contribution in [0.1, 0.15) is 10.5 Å². The number of ether oxygens (including phenoxy) is 2. The molecule has 1 amide bonds. The summed E-state index contributed by atoms with van der Waals surface area (Å²) in [5, 5.41) is 8.49. The number of H-pyrrole nitrogens is 1. The largest absolute Gasteiger partial charge is 0.497 e. The van der Waals surface area contributed by atoms with Gasteiger partial charge in [-0.15, -0.1) is 0 Å². The molecule has 0 fully saturated rings. The Morgan fingerprint density at radius 3 is 2.60 bits per heavy atom. The van der Waals surface area contributed by atoms with Crippen molar-refractivity contribution >= 4 is 11.6 Å². The molecule has 0 atom stereocenters. The van der Waals surface area contributed by atoms with E-state index in [1.54, 1.807) is 18.2 Å². The van der Waals surface area contributed by atoms with Crippen molar-refractivity contribution in [1.82, 2.24) is 10.2 Å². The summed E-state index contributed by atoms with van der Waals surface area (Å²) >= 11 is 0. The molecule has 20 heavy (non-hydrogen) atoms. The number of nitrogens with one attached hydrogen (secondary N) is 2. The second kappa shape index (κ2) is 5.87. The van der Waals surface area contributed by atoms with Gasteiger partial charge in [0.1, 0.15) is 17.2 Å². The molecule has 0 spiro atoms. The van der Waals surface area contributed by atoms with Crippen molar-refractivity contribution in [2.45, 2.75) is 0 Å². The lowest BCUT2D eigenvalue weighted by atomic mass is 10.2. The fourth-order valence-electron chi connectivity index (χ4n) is 1.57. The van der Waals surface area contributed by atoms with Crippen molar-refractivity contribution in [3.8, 4) is 11.5 Å². The first-order chi connectivity index (χ1) is 9.63. The minimum absolute atomic E-state index is 0.0921. The maximum absolute atomic E-state index is 12.0. The van der Waals surface area contributed by atoms with Crippen LogP contribution in [0.3, 0.4) is 0 Å². The SMILES string of the molecule is COc1ccc(OC)c(NC(=O)c2ccc(=O)[nH]n2)c1. The highest BCUT2D eigenvalue weighted by molar-refractivity contribution is 6.03. The highest BCUT2D eigenvalue weighted by Gasteiger charge is 2.12. The van der Waals surface area contributed by atoms with Crippen LogP contribution in [0.25, 0.3) is 0 Å². The number of aromatic nitrogens is 2. The topological polar surface area (TPSA) is 93.3 Å². The monoisotopic (exact) mass is 275 g/mol. The summed E-state index contributed by atoms with van der Waals surface area (Å²) in [6.07, 6.45) is 0. The smallest absolute Gasteiger partial charge is 0.276 e. The molecule has 1 heterocycles. The zero-order chi connectivity index (χ0) is 14.5. The van der Waals surface area contributed by atoms with E-state index in [-0.39, 0.29) is 11.3 Å². The van der Waals surface area contributed by atoms with Crippen LogP contribution in [0.4, 0.5) is 5.69 Å². The molecule has 104 valence electrons. The van der Waals surface area contributed by atoms with E-state index in [9.17, 15) is 9.59 Å². The third kappa shape index (κ3) is 2.94. The molecule has 1 aromatic carbocycles. The number of carbonyl (C=O) groups excluding carboxylic acids is 1. The molecule has 0 aliphatic heterocycles. The van der Waals surface area contributed by atoms with E-state index >= 15 is 0 Å². The average molecular weight is 275 g/mol. The Kier molecular flexibility index (Phi) is 3.99. The van der Waals surface area contributed by atoms with Gasteiger partial charge in [0.05, 0.1) is 19.9 Å². The van der Waals surface area contributed by atoms with Gasteiger partial charge in [0.15, 0.2) is 0 Å². The van der Waals surface area contributed by atoms with E-state index in [1.165, 1.54) is 26.4 Å². The number of amides is 1. The van der Waals surface area contributed by atoms with Crippen molar-refractivity contribution in [1.29, 1.82) is 0 Å². The summed E-state index contributed by atoms with van der Waals surface area (Å²) in [5.74, 6) is 0.604. The normalized spacial score (nSPS) is 9.90. The zero-order valence-corrected chi connectivity index (χ0v) is 11.0. The molecule has 0 aliphatic carbocycles. The summed E-state index contributed by atoms with van der Waals surface area (Å²) < 4.78 is 10.2. The predicted molar refractivity (Wildman–Crippen MR) is 72.4 cm³/mol. The Morgan fingerprint density at radius 1 is 1.20 bits per heavy atom. The van der Waals surface area contributed by atoms with E-state index in [2.05, 4.69) is 15.5 Å². The Hall–Kier alpha value is -2.83. The van der Waals surface area contributed by atoms with Gasteiger partial charge in [-0.05, 0) is 18.2 Å². The van der Waals surface area contributed by atoms with Crippen LogP contribution in [0.2, 0.25) is 0 Å². The fourth-order valence-corrected chi connectivity index (χ4v) is 1.57. The fraction of sp³-hybridized carbons (Fsp3) is 0.154. The number of anilines is 1. The van der Waals surface area contributed by atoms with Crippen LogP contribution in [-0.2, 0) is 0 Å². The Bertz CT molecular complexity index is 661. The molecule has 2 rings (SSSR count). The first kappa shape index (κ1) is 13.6. The molecular formula is C13H13N3O4. The molecule has 0 bridgehead atoms. The van der Waals surface area contributed by atoms with Gasteiger partial charge in [-0.25, -0.2) is 5.10 Å². The van der Waals surface area contributed by atoms with Crippen LogP contribution in [-0.4, -0.2) is 30.3 Å². The summed E-state index contributed by atoms with van der Waals surface area (Å²) in [6, 6.07) is 7.58. The summed E-state index contributed by atoms with van der Waals surface area (Å²) in [7, 11) is 3.02. The number of rotatable bonds is 4. The van der Waals surface area contributed by atoms with Gasteiger partial charge in [-0.1, -0.05) is 0 Å². The van der Waals surface area contributed by atoms with Crippen molar-refractivity contribution in [3.05, 3.63) is 46.4 Å². The van der Waals surface area contributed by atoms with Crippen LogP contribution < -0.4 is 20.3 Å². The second-order valence-electron chi connectivity index (χ2n) is 3.83. The lowest BCUT2D eigenvalue weighted by Gasteiger charge is -2.11. The lowest BCUT2D eigenvalue weighted by Crippen LogP contribution is -2.17. The zero-order valence-electron chi connectivity index (χ0n) is 11.0. The maximum Gasteiger partial charge on any atom is 0.276 e. The van der Waals surface area contributed by atoms with E-state index < -0.39 is 5.91 Å². The number of nitrogens with zero attached hydrogens (tertiary/aromatic N) is 1. The number of methoxy groups -OCH3 is 2. The van der Waals surface area contributed by atoms with Gasteiger partial charge in [-0.2, -0.15) is 5.10 Å². The Balaban J connectivity index is 2.26. The van der Waals surface area contributed by atoms with Gasteiger partial charge < -0.3 is 14.8 Å². The number of carbonyl (C=O) groups is 1. The van der Waals surface area contributed by atoms with Gasteiger partial charge in [0.2, 0.25) is 0 Å². The Labute approximate surface area is 114 Å². The molecule has 2 aromatic rings. The molecular weight excluding hydrogens is 262 g/mol. The standard InChI is InChI=1S/C13H13N3O4/c1-19-8-3-5-11(20-2)10(7-8)14-13(18)9-4-6-12(17)16-15-9/h3-7H,1-2H3,(H,14,18)(H,16,17). The molecule has 2 N–H and O–H groups in total. The summed E-state index contributed by atoms with van der Waals surface area (Å²) in [6.45, 7) is 0. The summed E-state index contributed by atoms with van der Waals surface area (Å²) in [4.78, 5) is 22.9. The third-order valence-corrected chi connectivity index (χ3v) is 2.57. The van der Waals surface area contributed by atoms with E-state index in [0.717, 1.165) is 0 Å². The van der Waals surface area contributed by atoms with Gasteiger partial charge >= 0.3 is 0 Å². The molecule has 0 saturated carbocycles. The molecule has 0 aliphatic rings. The Morgan fingerprint density at radius 2 is 2.00 bits per heavy atom. The molecule has 0 unspecified atom stereocenters. The van der Waals surface area contributed by atoms with Crippen LogP contribution in [0.15, 0.2) is 35.1 Å². The minimum Gasteiger partial charge on any atom is -0.497 e. The average Bonchev–Trinajstić information content (AvgIpc) is 2.47. The van der Waals surface area contributed by atoms with Gasteiger partial charge in [0.25, 0.3) is 11.5 Å². The van der Waals surface area contributed by atoms with Crippen molar-refractivity contribution in [3.63, 3.8) is 0 Å². The van der Waals surface area contributed by atoms with Crippen molar-refractivity contribution < 1.29 is 14.3 Å². The van der Waals surface area contributed by atoms with Crippen LogP contribution in [0.5, 0.6) is 11.5 Å². The number of hydrogen-bond donors (Lipinski definition) is 2. The highest BCUT2D eigenvalue weighted by Crippen LogP contribution is 2.29.